The average Bonchev–Trinajstić information content (AvgIpc) is 2.70. The maximum absolute atomic E-state index is 13.0. The van der Waals surface area contributed by atoms with Crippen LogP contribution in [0.2, 0.25) is 0 Å². The van der Waals surface area contributed by atoms with E-state index in [-0.39, 0.29) is 17.9 Å². The zero-order chi connectivity index (χ0) is 21.0. The predicted octanol–water partition coefficient (Wildman–Crippen LogP) is 5.24. The van der Waals surface area contributed by atoms with E-state index in [2.05, 4.69) is 43.4 Å². The Labute approximate surface area is 173 Å². The molecule has 154 valence electrons. The lowest BCUT2D eigenvalue weighted by Crippen LogP contribution is -2.49. The van der Waals surface area contributed by atoms with Gasteiger partial charge in [0.25, 0.3) is 0 Å². The molecule has 3 rings (SSSR count). The second-order valence-corrected chi connectivity index (χ2v) is 8.30. The van der Waals surface area contributed by atoms with Gasteiger partial charge in [-0.2, -0.15) is 0 Å². The third kappa shape index (κ3) is 5.17. The molecule has 0 spiro atoms. The van der Waals surface area contributed by atoms with Crippen LogP contribution in [-0.2, 0) is 11.3 Å². The summed E-state index contributed by atoms with van der Waals surface area (Å²) in [7, 11) is 0. The minimum absolute atomic E-state index is 0.0125. The smallest absolute Gasteiger partial charge is 0.324 e. The van der Waals surface area contributed by atoms with Crippen LogP contribution in [0.1, 0.15) is 51.2 Å². The van der Waals surface area contributed by atoms with Gasteiger partial charge in [-0.05, 0) is 47.7 Å². The first-order valence-corrected chi connectivity index (χ1v) is 10.4. The first-order valence-electron chi connectivity index (χ1n) is 10.4. The number of anilines is 2. The van der Waals surface area contributed by atoms with Crippen LogP contribution >= 0.6 is 0 Å². The highest BCUT2D eigenvalue weighted by Crippen LogP contribution is 2.24. The summed E-state index contributed by atoms with van der Waals surface area (Å²) in [6.45, 7) is 10.2. The number of urea groups is 1. The highest BCUT2D eigenvalue weighted by Gasteiger charge is 2.26. The Bertz CT molecular complexity index is 841. The van der Waals surface area contributed by atoms with Gasteiger partial charge in [0.15, 0.2) is 0 Å². The Hall–Kier alpha value is -2.82. The molecule has 1 aliphatic rings. The molecule has 0 aliphatic carbocycles. The van der Waals surface area contributed by atoms with E-state index in [0.29, 0.717) is 19.0 Å². The standard InChI is InChI=1S/C24H31N3O2/c1-17(2)20-8-6-19(7-9-20)16-26-14-5-15-27(24(26)29)22-12-10-21(11-13-22)25-23(28)18(3)4/h6-13,17-18H,5,14-16H2,1-4H3,(H,25,28). The molecule has 1 aliphatic heterocycles. The minimum atomic E-state index is -0.0680. The molecule has 0 saturated carbocycles. The molecule has 2 aromatic carbocycles. The molecule has 1 N–H and O–H groups in total. The molecule has 0 bridgehead atoms. The third-order valence-electron chi connectivity index (χ3n) is 5.30. The molecule has 2 aromatic rings. The van der Waals surface area contributed by atoms with Crippen molar-refractivity contribution in [1.29, 1.82) is 0 Å². The first kappa shape index (κ1) is 20.9. The van der Waals surface area contributed by atoms with Crippen molar-refractivity contribution in [2.24, 2.45) is 5.92 Å². The number of hydrogen-bond donors (Lipinski definition) is 1. The molecule has 3 amide bonds. The van der Waals surface area contributed by atoms with Crippen LogP contribution in [0.5, 0.6) is 0 Å². The van der Waals surface area contributed by atoms with Gasteiger partial charge >= 0.3 is 6.03 Å². The summed E-state index contributed by atoms with van der Waals surface area (Å²) in [6, 6.07) is 16.1. The topological polar surface area (TPSA) is 52.7 Å². The van der Waals surface area contributed by atoms with E-state index >= 15 is 0 Å². The molecule has 5 nitrogen and oxygen atoms in total. The highest BCUT2D eigenvalue weighted by molar-refractivity contribution is 5.94. The molecule has 29 heavy (non-hydrogen) atoms. The van der Waals surface area contributed by atoms with Gasteiger partial charge < -0.3 is 10.2 Å². The van der Waals surface area contributed by atoms with Crippen LogP contribution in [-0.4, -0.2) is 29.9 Å². The van der Waals surface area contributed by atoms with Crippen molar-refractivity contribution < 1.29 is 9.59 Å². The van der Waals surface area contributed by atoms with Gasteiger partial charge in [-0.25, -0.2) is 4.79 Å². The minimum Gasteiger partial charge on any atom is -0.326 e. The fraction of sp³-hybridized carbons (Fsp3) is 0.417. The summed E-state index contributed by atoms with van der Waals surface area (Å²) in [5.41, 5.74) is 4.07. The van der Waals surface area contributed by atoms with Crippen LogP contribution in [0, 0.1) is 5.92 Å². The van der Waals surface area contributed by atoms with Crippen LogP contribution in [0.3, 0.4) is 0 Å². The third-order valence-corrected chi connectivity index (χ3v) is 5.30. The fourth-order valence-electron chi connectivity index (χ4n) is 3.41. The highest BCUT2D eigenvalue weighted by atomic mass is 16.2. The summed E-state index contributed by atoms with van der Waals surface area (Å²) in [5.74, 6) is 0.424. The molecular formula is C24H31N3O2. The average molecular weight is 394 g/mol. The van der Waals surface area contributed by atoms with Gasteiger partial charge in [0.1, 0.15) is 0 Å². The lowest BCUT2D eigenvalue weighted by Gasteiger charge is -2.35. The second kappa shape index (κ2) is 9.12. The van der Waals surface area contributed by atoms with Gasteiger partial charge in [0, 0.05) is 36.9 Å². The van der Waals surface area contributed by atoms with Gasteiger partial charge in [0.05, 0.1) is 0 Å². The predicted molar refractivity (Wildman–Crippen MR) is 118 cm³/mol. The number of benzene rings is 2. The molecule has 1 fully saturated rings. The monoisotopic (exact) mass is 393 g/mol. The van der Waals surface area contributed by atoms with E-state index in [0.717, 1.165) is 29.9 Å². The van der Waals surface area contributed by atoms with E-state index in [9.17, 15) is 9.59 Å². The SMILES string of the molecule is CC(C)C(=O)Nc1ccc(N2CCCN(Cc3ccc(C(C)C)cc3)C2=O)cc1. The van der Waals surface area contributed by atoms with Crippen molar-refractivity contribution >= 4 is 23.3 Å². The quantitative estimate of drug-likeness (QED) is 0.730. The lowest BCUT2D eigenvalue weighted by molar-refractivity contribution is -0.118. The zero-order valence-corrected chi connectivity index (χ0v) is 17.8. The summed E-state index contributed by atoms with van der Waals surface area (Å²) >= 11 is 0. The van der Waals surface area contributed by atoms with E-state index < -0.39 is 0 Å². The summed E-state index contributed by atoms with van der Waals surface area (Å²) in [4.78, 5) is 28.6. The maximum Gasteiger partial charge on any atom is 0.324 e. The summed E-state index contributed by atoms with van der Waals surface area (Å²) in [5, 5.41) is 2.88. The van der Waals surface area contributed by atoms with Crippen molar-refractivity contribution in [2.75, 3.05) is 23.3 Å². The van der Waals surface area contributed by atoms with E-state index in [1.165, 1.54) is 5.56 Å². The molecule has 0 aromatic heterocycles. The molecule has 0 unspecified atom stereocenters. The molecule has 1 saturated heterocycles. The van der Waals surface area contributed by atoms with Crippen LogP contribution in [0.25, 0.3) is 0 Å². The molecule has 0 atom stereocenters. The van der Waals surface area contributed by atoms with Crippen LogP contribution < -0.4 is 10.2 Å². The lowest BCUT2D eigenvalue weighted by atomic mass is 10.0. The molecular weight excluding hydrogens is 362 g/mol. The second-order valence-electron chi connectivity index (χ2n) is 8.30. The van der Waals surface area contributed by atoms with E-state index in [1.54, 1.807) is 0 Å². The number of nitrogens with zero attached hydrogens (tertiary/aromatic N) is 2. The Morgan fingerprint density at radius 1 is 0.966 bits per heavy atom. The van der Waals surface area contributed by atoms with E-state index in [1.807, 2.05) is 47.9 Å². The van der Waals surface area contributed by atoms with Crippen molar-refractivity contribution in [3.05, 3.63) is 59.7 Å². The number of carbonyl (C=O) groups excluding carboxylic acids is 2. The van der Waals surface area contributed by atoms with Crippen molar-refractivity contribution in [2.45, 2.75) is 46.6 Å². The van der Waals surface area contributed by atoms with Gasteiger partial charge in [0.2, 0.25) is 5.91 Å². The van der Waals surface area contributed by atoms with Gasteiger partial charge in [-0.1, -0.05) is 52.0 Å². The molecule has 0 radical (unpaired) electrons. The van der Waals surface area contributed by atoms with E-state index in [4.69, 9.17) is 0 Å². The Morgan fingerprint density at radius 2 is 1.62 bits per heavy atom. The zero-order valence-electron chi connectivity index (χ0n) is 17.8. The van der Waals surface area contributed by atoms with Crippen molar-refractivity contribution in [3.63, 3.8) is 0 Å². The fourth-order valence-corrected chi connectivity index (χ4v) is 3.41. The van der Waals surface area contributed by atoms with Crippen molar-refractivity contribution in [1.82, 2.24) is 4.90 Å². The number of nitrogens with one attached hydrogen (secondary N) is 1. The Balaban J connectivity index is 1.66. The molecule has 5 heteroatoms. The molecule has 1 heterocycles. The Kier molecular flexibility index (Phi) is 6.57. The first-order chi connectivity index (χ1) is 13.8. The normalized spacial score (nSPS) is 14.6. The number of hydrogen-bond acceptors (Lipinski definition) is 2. The Morgan fingerprint density at radius 3 is 2.21 bits per heavy atom. The summed E-state index contributed by atoms with van der Waals surface area (Å²) in [6.07, 6.45) is 0.932. The largest absolute Gasteiger partial charge is 0.326 e. The van der Waals surface area contributed by atoms with Crippen LogP contribution in [0.4, 0.5) is 16.2 Å². The van der Waals surface area contributed by atoms with Crippen molar-refractivity contribution in [3.8, 4) is 0 Å². The maximum atomic E-state index is 13.0. The van der Waals surface area contributed by atoms with Gasteiger partial charge in [-0.3, -0.25) is 9.69 Å². The van der Waals surface area contributed by atoms with Crippen LogP contribution in [0.15, 0.2) is 48.5 Å². The number of rotatable bonds is 6. The summed E-state index contributed by atoms with van der Waals surface area (Å²) < 4.78 is 0. The number of carbonyl (C=O) groups is 2. The van der Waals surface area contributed by atoms with Gasteiger partial charge in [-0.15, -0.1) is 0 Å². The number of amides is 3.